The summed E-state index contributed by atoms with van der Waals surface area (Å²) in [6.45, 7) is 11.5. The van der Waals surface area contributed by atoms with Gasteiger partial charge in [0.25, 0.3) is 0 Å². The van der Waals surface area contributed by atoms with Gasteiger partial charge in [0, 0.05) is 29.8 Å². The van der Waals surface area contributed by atoms with E-state index in [0.717, 1.165) is 65.7 Å². The minimum absolute atomic E-state index is 0.0171. The maximum atomic E-state index is 14.2. The minimum atomic E-state index is -0.0897. The van der Waals surface area contributed by atoms with E-state index in [9.17, 15) is 4.79 Å². The number of tetrazole rings is 1. The van der Waals surface area contributed by atoms with Crippen molar-refractivity contribution in [1.82, 2.24) is 34.7 Å². The predicted octanol–water partition coefficient (Wildman–Crippen LogP) is 6.52. The molecule has 1 N–H and O–H groups in total. The lowest BCUT2D eigenvalue weighted by Gasteiger charge is -2.25. The number of imidazole rings is 1. The molecule has 212 valence electrons. The van der Waals surface area contributed by atoms with Crippen LogP contribution in [0.15, 0.2) is 71.9 Å². The number of H-pyrrole nitrogens is 1. The lowest BCUT2D eigenvalue weighted by molar-refractivity contribution is 0.583. The third-order valence-electron chi connectivity index (χ3n) is 7.56. The van der Waals surface area contributed by atoms with E-state index in [-0.39, 0.29) is 11.1 Å². The van der Waals surface area contributed by atoms with Crippen LogP contribution in [0.4, 0.5) is 0 Å². The molecule has 0 atom stereocenters. The van der Waals surface area contributed by atoms with E-state index in [4.69, 9.17) is 0 Å². The number of unbranched alkanes of at least 4 members (excludes halogenated alkanes) is 1. The van der Waals surface area contributed by atoms with Gasteiger partial charge in [0.15, 0.2) is 5.82 Å². The average Bonchev–Trinajstić information content (AvgIpc) is 3.61. The number of nitrogens with one attached hydrogen (secondary N) is 1. The minimum Gasteiger partial charge on any atom is -0.292 e. The summed E-state index contributed by atoms with van der Waals surface area (Å²) in [7, 11) is 0. The van der Waals surface area contributed by atoms with E-state index in [1.54, 1.807) is 12.4 Å². The fourth-order valence-corrected chi connectivity index (χ4v) is 5.45. The van der Waals surface area contributed by atoms with E-state index in [0.29, 0.717) is 12.4 Å². The number of aromatic nitrogens is 7. The highest BCUT2D eigenvalue weighted by atomic mass is 16.1. The molecule has 8 nitrogen and oxygen atoms in total. The van der Waals surface area contributed by atoms with Gasteiger partial charge in [-0.2, -0.15) is 0 Å². The van der Waals surface area contributed by atoms with Gasteiger partial charge in [-0.25, -0.2) is 9.89 Å². The van der Waals surface area contributed by atoms with E-state index in [1.807, 2.05) is 15.2 Å². The molecule has 0 bridgehead atoms. The van der Waals surface area contributed by atoms with E-state index in [1.165, 1.54) is 11.1 Å². The third-order valence-corrected chi connectivity index (χ3v) is 7.56. The molecule has 0 radical (unpaired) electrons. The van der Waals surface area contributed by atoms with Crippen molar-refractivity contribution in [2.24, 2.45) is 0 Å². The van der Waals surface area contributed by atoms with E-state index >= 15 is 0 Å². The number of pyridine rings is 1. The summed E-state index contributed by atoms with van der Waals surface area (Å²) in [6.07, 6.45) is 10.5. The molecule has 8 heteroatoms. The molecule has 3 aromatic heterocycles. The molecule has 0 fully saturated rings. The second kappa shape index (κ2) is 12.0. The molecule has 3 heterocycles. The number of hydrogen-bond donors (Lipinski definition) is 1. The zero-order chi connectivity index (χ0) is 29.0. The Hall–Kier alpha value is -4.33. The van der Waals surface area contributed by atoms with Crippen LogP contribution in [0.5, 0.6) is 0 Å². The molecule has 0 unspecified atom stereocenters. The molecule has 0 saturated carbocycles. The Bertz CT molecular complexity index is 1660. The van der Waals surface area contributed by atoms with Crippen LogP contribution in [0.25, 0.3) is 28.2 Å². The Morgan fingerprint density at radius 3 is 2.41 bits per heavy atom. The Balaban J connectivity index is 1.54. The van der Waals surface area contributed by atoms with Gasteiger partial charge < -0.3 is 0 Å². The van der Waals surface area contributed by atoms with Crippen molar-refractivity contribution in [3.63, 3.8) is 0 Å². The molecule has 41 heavy (non-hydrogen) atoms. The van der Waals surface area contributed by atoms with Gasteiger partial charge in [-0.05, 0) is 69.0 Å². The predicted molar refractivity (Wildman–Crippen MR) is 163 cm³/mol. The standard InChI is InChI=1S/C33H39N7O/c1-6-8-12-26-22-40(30-25(10-7-2)11-9-13-29(30)33(3,4)5)32(41)39(26)21-23-14-16-24(17-15-23)27-18-19-34-20-28(27)31-35-37-38-36-31/h9,11,13-20,22H,6-8,10,12,21H2,1-5H3,(H,35,36,37,38). The number of hydrogen-bond acceptors (Lipinski definition) is 5. The molecule has 0 amide bonds. The summed E-state index contributed by atoms with van der Waals surface area (Å²) in [4.78, 5) is 18.4. The number of benzene rings is 2. The van der Waals surface area contributed by atoms with Gasteiger partial charge in [0.2, 0.25) is 0 Å². The highest BCUT2D eigenvalue weighted by Crippen LogP contribution is 2.32. The van der Waals surface area contributed by atoms with Crippen LogP contribution in [0.3, 0.4) is 0 Å². The molecule has 5 aromatic rings. The van der Waals surface area contributed by atoms with Crippen LogP contribution in [-0.2, 0) is 24.8 Å². The first-order valence-electron chi connectivity index (χ1n) is 14.5. The molecule has 0 saturated heterocycles. The first-order valence-corrected chi connectivity index (χ1v) is 14.5. The van der Waals surface area contributed by atoms with Crippen molar-refractivity contribution in [1.29, 1.82) is 0 Å². The number of rotatable bonds is 10. The highest BCUT2D eigenvalue weighted by Gasteiger charge is 2.24. The Kier molecular flexibility index (Phi) is 8.28. The highest BCUT2D eigenvalue weighted by molar-refractivity contribution is 5.79. The summed E-state index contributed by atoms with van der Waals surface area (Å²) in [6, 6.07) is 16.8. The zero-order valence-corrected chi connectivity index (χ0v) is 24.7. The molecule has 0 aliphatic heterocycles. The summed E-state index contributed by atoms with van der Waals surface area (Å²) in [5.74, 6) is 0.573. The Labute approximate surface area is 241 Å². The quantitative estimate of drug-likeness (QED) is 0.214. The van der Waals surface area contributed by atoms with E-state index < -0.39 is 0 Å². The fourth-order valence-electron chi connectivity index (χ4n) is 5.45. The van der Waals surface area contributed by atoms with Crippen LogP contribution in [0, 0.1) is 0 Å². The summed E-state index contributed by atoms with van der Waals surface area (Å²) >= 11 is 0. The van der Waals surface area contributed by atoms with Crippen molar-refractivity contribution in [2.75, 3.05) is 0 Å². The van der Waals surface area contributed by atoms with Crippen molar-refractivity contribution in [3.05, 3.63) is 100.0 Å². The van der Waals surface area contributed by atoms with Gasteiger partial charge in [-0.3, -0.25) is 14.1 Å². The first kappa shape index (κ1) is 28.2. The van der Waals surface area contributed by atoms with Crippen molar-refractivity contribution in [2.45, 2.75) is 78.7 Å². The second-order valence-electron chi connectivity index (χ2n) is 11.6. The molecular weight excluding hydrogens is 510 g/mol. The first-order chi connectivity index (χ1) is 19.8. The number of aryl methyl sites for hydroxylation is 2. The van der Waals surface area contributed by atoms with Gasteiger partial charge in [0.05, 0.1) is 12.2 Å². The average molecular weight is 550 g/mol. The normalized spacial score (nSPS) is 11.7. The lowest BCUT2D eigenvalue weighted by atomic mass is 9.84. The van der Waals surface area contributed by atoms with Gasteiger partial charge in [0.1, 0.15) is 0 Å². The smallest absolute Gasteiger partial charge is 0.292 e. The number of aromatic amines is 1. The Morgan fingerprint density at radius 1 is 0.927 bits per heavy atom. The van der Waals surface area contributed by atoms with E-state index in [2.05, 4.69) is 109 Å². The van der Waals surface area contributed by atoms with Crippen LogP contribution in [0.2, 0.25) is 0 Å². The summed E-state index contributed by atoms with van der Waals surface area (Å²) in [5.41, 5.74) is 8.39. The molecule has 5 rings (SSSR count). The van der Waals surface area contributed by atoms with Gasteiger partial charge >= 0.3 is 5.69 Å². The maximum absolute atomic E-state index is 14.2. The maximum Gasteiger partial charge on any atom is 0.333 e. The topological polar surface area (TPSA) is 94.3 Å². The largest absolute Gasteiger partial charge is 0.333 e. The van der Waals surface area contributed by atoms with Crippen molar-refractivity contribution in [3.8, 4) is 28.2 Å². The molecular formula is C33H39N7O. The molecule has 0 spiro atoms. The van der Waals surface area contributed by atoms with Gasteiger partial charge in [-0.1, -0.05) is 89.9 Å². The monoisotopic (exact) mass is 549 g/mol. The number of para-hydroxylation sites is 1. The number of nitrogens with zero attached hydrogens (tertiary/aromatic N) is 6. The van der Waals surface area contributed by atoms with Crippen LogP contribution < -0.4 is 5.69 Å². The lowest BCUT2D eigenvalue weighted by Crippen LogP contribution is -2.27. The molecule has 2 aromatic carbocycles. The van der Waals surface area contributed by atoms with Gasteiger partial charge in [-0.15, -0.1) is 5.10 Å². The Morgan fingerprint density at radius 2 is 1.73 bits per heavy atom. The van der Waals surface area contributed by atoms with Crippen LogP contribution >= 0.6 is 0 Å². The van der Waals surface area contributed by atoms with Crippen LogP contribution in [0.1, 0.15) is 76.3 Å². The fraction of sp³-hybridized carbons (Fsp3) is 0.364. The van der Waals surface area contributed by atoms with Crippen LogP contribution in [-0.4, -0.2) is 34.7 Å². The second-order valence-corrected chi connectivity index (χ2v) is 11.6. The molecule has 0 aliphatic carbocycles. The SMILES string of the molecule is CCCCc1cn(-c2c(CCC)cccc2C(C)(C)C)c(=O)n1Cc1ccc(-c2ccncc2-c2nnn[nH]2)cc1. The summed E-state index contributed by atoms with van der Waals surface area (Å²) in [5, 5.41) is 14.3. The summed E-state index contributed by atoms with van der Waals surface area (Å²) < 4.78 is 3.87. The zero-order valence-electron chi connectivity index (χ0n) is 24.7. The molecule has 0 aliphatic rings. The van der Waals surface area contributed by atoms with Crippen molar-refractivity contribution >= 4 is 0 Å². The third kappa shape index (κ3) is 5.92. The van der Waals surface area contributed by atoms with Crippen molar-refractivity contribution < 1.29 is 0 Å².